The third-order valence-electron chi connectivity index (χ3n) is 2.94. The van der Waals surface area contributed by atoms with E-state index in [-0.39, 0.29) is 12.3 Å². The van der Waals surface area contributed by atoms with E-state index in [0.29, 0.717) is 11.5 Å². The van der Waals surface area contributed by atoms with Gasteiger partial charge in [-0.15, -0.1) is 0 Å². The Hall–Kier alpha value is -2.37. The molecule has 0 saturated heterocycles. The highest BCUT2D eigenvalue weighted by Gasteiger charge is 2.35. The quantitative estimate of drug-likeness (QED) is 0.884. The minimum atomic E-state index is -1.05. The fraction of sp³-hybridized carbons (Fsp3) is 0.308. The molecule has 1 aliphatic rings. The van der Waals surface area contributed by atoms with Gasteiger partial charge >= 0.3 is 5.97 Å². The number of hydrogen-bond acceptors (Lipinski definition) is 4. The first kappa shape index (κ1) is 13.1. The summed E-state index contributed by atoms with van der Waals surface area (Å²) in [6, 6.07) is 6.20. The van der Waals surface area contributed by atoms with E-state index in [2.05, 4.69) is 5.10 Å². The molecule has 1 aromatic rings. The predicted molar refractivity (Wildman–Crippen MR) is 68.1 cm³/mol. The van der Waals surface area contributed by atoms with E-state index in [1.165, 1.54) is 6.92 Å². The van der Waals surface area contributed by atoms with Crippen LogP contribution in [0.2, 0.25) is 0 Å². The van der Waals surface area contributed by atoms with E-state index < -0.39 is 12.0 Å². The first-order valence-electron chi connectivity index (χ1n) is 5.77. The van der Waals surface area contributed by atoms with Gasteiger partial charge in [0.05, 0.1) is 12.8 Å². The summed E-state index contributed by atoms with van der Waals surface area (Å²) in [6.45, 7) is 1.30. The number of hydrogen-bond donors (Lipinski definition) is 1. The van der Waals surface area contributed by atoms with Crippen LogP contribution in [0.25, 0.3) is 0 Å². The molecule has 6 nitrogen and oxygen atoms in total. The molecule has 1 aromatic carbocycles. The molecule has 1 amide bonds. The van der Waals surface area contributed by atoms with Crippen LogP contribution in [0.15, 0.2) is 29.4 Å². The second-order valence-corrected chi connectivity index (χ2v) is 4.20. The lowest BCUT2D eigenvalue weighted by atomic mass is 10.0. The number of methoxy groups -OCH3 is 1. The monoisotopic (exact) mass is 262 g/mol. The summed E-state index contributed by atoms with van der Waals surface area (Å²) in [6.07, 6.45) is 0.210. The molecular weight excluding hydrogens is 248 g/mol. The first-order valence-corrected chi connectivity index (χ1v) is 5.77. The number of carboxylic acid groups (broad SMARTS) is 1. The summed E-state index contributed by atoms with van der Waals surface area (Å²) in [7, 11) is 1.57. The second-order valence-electron chi connectivity index (χ2n) is 4.20. The summed E-state index contributed by atoms with van der Waals surface area (Å²) in [5.41, 5.74) is 1.38. The topological polar surface area (TPSA) is 79.2 Å². The van der Waals surface area contributed by atoms with Crippen LogP contribution in [0.5, 0.6) is 5.75 Å². The molecule has 0 bridgehead atoms. The van der Waals surface area contributed by atoms with Crippen molar-refractivity contribution in [3.63, 3.8) is 0 Å². The number of carbonyl (C=O) groups is 2. The number of aliphatic carboxylic acids is 1. The first-order chi connectivity index (χ1) is 9.02. The summed E-state index contributed by atoms with van der Waals surface area (Å²) >= 11 is 0. The van der Waals surface area contributed by atoms with Gasteiger partial charge < -0.3 is 9.84 Å². The lowest BCUT2D eigenvalue weighted by Gasteiger charge is -2.15. The molecule has 0 fully saturated rings. The zero-order valence-corrected chi connectivity index (χ0v) is 10.7. The van der Waals surface area contributed by atoms with Crippen molar-refractivity contribution < 1.29 is 19.4 Å². The second kappa shape index (κ2) is 5.09. The number of benzene rings is 1. The predicted octanol–water partition coefficient (Wildman–Crippen LogP) is 1.10. The van der Waals surface area contributed by atoms with Crippen molar-refractivity contribution in [1.82, 2.24) is 5.01 Å². The van der Waals surface area contributed by atoms with E-state index in [1.54, 1.807) is 31.4 Å². The number of amides is 1. The van der Waals surface area contributed by atoms with Gasteiger partial charge in [-0.2, -0.15) is 5.10 Å². The summed E-state index contributed by atoms with van der Waals surface area (Å²) < 4.78 is 5.05. The Labute approximate surface area is 110 Å². The molecule has 1 heterocycles. The van der Waals surface area contributed by atoms with Crippen molar-refractivity contribution in [3.8, 4) is 5.75 Å². The number of hydrazone groups is 1. The molecule has 0 saturated carbocycles. The van der Waals surface area contributed by atoms with Crippen LogP contribution in [0.4, 0.5) is 0 Å². The number of nitrogens with zero attached hydrogens (tertiary/aromatic N) is 2. The van der Waals surface area contributed by atoms with E-state index >= 15 is 0 Å². The lowest BCUT2D eigenvalue weighted by Crippen LogP contribution is -2.37. The van der Waals surface area contributed by atoms with Gasteiger partial charge in [0.25, 0.3) is 0 Å². The van der Waals surface area contributed by atoms with E-state index in [9.17, 15) is 9.59 Å². The lowest BCUT2D eigenvalue weighted by molar-refractivity contribution is -0.148. The number of rotatable bonds is 3. The Kier molecular flexibility index (Phi) is 3.50. The molecule has 19 heavy (non-hydrogen) atoms. The maximum atomic E-state index is 11.4. The highest BCUT2D eigenvalue weighted by molar-refractivity contribution is 6.05. The van der Waals surface area contributed by atoms with Gasteiger partial charge in [-0.25, -0.2) is 9.80 Å². The average molecular weight is 262 g/mol. The summed E-state index contributed by atoms with van der Waals surface area (Å²) in [4.78, 5) is 22.5. The Morgan fingerprint density at radius 1 is 1.37 bits per heavy atom. The Balaban J connectivity index is 2.27. The number of carboxylic acids is 1. The smallest absolute Gasteiger partial charge is 0.329 e. The molecule has 0 spiro atoms. The van der Waals surface area contributed by atoms with Gasteiger partial charge in [-0.1, -0.05) is 0 Å². The van der Waals surface area contributed by atoms with Crippen molar-refractivity contribution >= 4 is 17.6 Å². The van der Waals surface area contributed by atoms with E-state index in [1.807, 2.05) is 0 Å². The molecule has 1 atom stereocenters. The van der Waals surface area contributed by atoms with Crippen LogP contribution < -0.4 is 4.74 Å². The fourth-order valence-corrected chi connectivity index (χ4v) is 1.95. The zero-order valence-electron chi connectivity index (χ0n) is 10.7. The highest BCUT2D eigenvalue weighted by atomic mass is 16.5. The van der Waals surface area contributed by atoms with Crippen LogP contribution in [-0.2, 0) is 9.59 Å². The van der Waals surface area contributed by atoms with Crippen LogP contribution in [0.1, 0.15) is 18.9 Å². The summed E-state index contributed by atoms with van der Waals surface area (Å²) in [5, 5.41) is 14.2. The van der Waals surface area contributed by atoms with E-state index in [4.69, 9.17) is 9.84 Å². The standard InChI is InChI=1S/C13H14N2O4/c1-8(16)15-12(13(17)18)7-11(14-15)9-3-5-10(19-2)6-4-9/h3-6,12H,7H2,1-2H3,(H,17,18). The number of ether oxygens (including phenoxy) is 1. The van der Waals surface area contributed by atoms with Crippen LogP contribution in [0.3, 0.4) is 0 Å². The summed E-state index contributed by atoms with van der Waals surface area (Å²) in [5.74, 6) is -0.723. The van der Waals surface area contributed by atoms with Gasteiger partial charge in [0, 0.05) is 13.3 Å². The maximum Gasteiger partial charge on any atom is 0.329 e. The molecule has 1 unspecified atom stereocenters. The third kappa shape index (κ3) is 2.57. The van der Waals surface area contributed by atoms with Crippen molar-refractivity contribution in [2.75, 3.05) is 7.11 Å². The maximum absolute atomic E-state index is 11.4. The molecule has 0 radical (unpaired) electrons. The molecule has 2 rings (SSSR count). The molecule has 1 aliphatic heterocycles. The van der Waals surface area contributed by atoms with Crippen molar-refractivity contribution in [3.05, 3.63) is 29.8 Å². The fourth-order valence-electron chi connectivity index (χ4n) is 1.95. The normalized spacial score (nSPS) is 18.1. The van der Waals surface area contributed by atoms with Gasteiger partial charge in [0.15, 0.2) is 6.04 Å². The molecule has 6 heteroatoms. The Bertz CT molecular complexity index is 536. The Morgan fingerprint density at radius 2 is 2.00 bits per heavy atom. The van der Waals surface area contributed by atoms with Gasteiger partial charge in [0.1, 0.15) is 5.75 Å². The van der Waals surface area contributed by atoms with Crippen molar-refractivity contribution in [1.29, 1.82) is 0 Å². The SMILES string of the molecule is COc1ccc(C2=NN(C(C)=O)C(C(=O)O)C2)cc1. The molecule has 0 aromatic heterocycles. The van der Waals surface area contributed by atoms with Crippen molar-refractivity contribution in [2.45, 2.75) is 19.4 Å². The molecule has 100 valence electrons. The van der Waals surface area contributed by atoms with E-state index in [0.717, 1.165) is 10.6 Å². The molecular formula is C13H14N2O4. The average Bonchev–Trinajstić information content (AvgIpc) is 2.84. The van der Waals surface area contributed by atoms with Crippen molar-refractivity contribution in [2.24, 2.45) is 5.10 Å². The minimum absolute atomic E-state index is 0.210. The van der Waals surface area contributed by atoms with Gasteiger partial charge in [-0.3, -0.25) is 4.79 Å². The van der Waals surface area contributed by atoms with Crippen LogP contribution >= 0.6 is 0 Å². The Morgan fingerprint density at radius 3 is 2.42 bits per heavy atom. The molecule has 1 N–H and O–H groups in total. The number of carbonyl (C=O) groups excluding carboxylic acids is 1. The minimum Gasteiger partial charge on any atom is -0.497 e. The third-order valence-corrected chi connectivity index (χ3v) is 2.94. The van der Waals surface area contributed by atoms with Crippen LogP contribution in [-0.4, -0.2) is 40.9 Å². The zero-order chi connectivity index (χ0) is 14.0. The van der Waals surface area contributed by atoms with Gasteiger partial charge in [-0.05, 0) is 29.8 Å². The largest absolute Gasteiger partial charge is 0.497 e. The highest BCUT2D eigenvalue weighted by Crippen LogP contribution is 2.22. The van der Waals surface area contributed by atoms with Crippen LogP contribution in [0, 0.1) is 0 Å². The van der Waals surface area contributed by atoms with Gasteiger partial charge in [0.2, 0.25) is 5.91 Å². The molecule has 0 aliphatic carbocycles.